The molecule has 0 aliphatic heterocycles. The first-order valence-corrected chi connectivity index (χ1v) is 7.93. The molecule has 1 N–H and O–H groups in total. The third-order valence-electron chi connectivity index (χ3n) is 3.32. The van der Waals surface area contributed by atoms with Gasteiger partial charge < -0.3 is 14.5 Å². The van der Waals surface area contributed by atoms with Gasteiger partial charge in [-0.05, 0) is 44.2 Å². The second-order valence-corrected chi connectivity index (χ2v) is 6.22. The molecule has 2 aromatic carbocycles. The fourth-order valence-corrected chi connectivity index (χ4v) is 2.63. The summed E-state index contributed by atoms with van der Waals surface area (Å²) in [5.74, 6) is 2.08. The number of rotatable bonds is 4. The number of imidazole rings is 1. The standard InChI is InChI=1S/C17H16Cl2N2O2/c1-9(2)23-15-5-4-10(6-16(15)22-3)17-20-13-7-11(18)12(19)8-14(13)21-17/h4-9H,1-3H3,(H,20,21). The molecule has 3 rings (SSSR count). The van der Waals surface area contributed by atoms with Crippen molar-refractivity contribution >= 4 is 34.2 Å². The van der Waals surface area contributed by atoms with Crippen LogP contribution in [0.4, 0.5) is 0 Å². The Hall–Kier alpha value is -1.91. The van der Waals surface area contributed by atoms with Crippen molar-refractivity contribution in [2.45, 2.75) is 20.0 Å². The van der Waals surface area contributed by atoms with Crippen molar-refractivity contribution in [1.29, 1.82) is 0 Å². The van der Waals surface area contributed by atoms with Crippen molar-refractivity contribution in [3.8, 4) is 22.9 Å². The molecular formula is C17H16Cl2N2O2. The van der Waals surface area contributed by atoms with Crippen LogP contribution >= 0.6 is 23.2 Å². The van der Waals surface area contributed by atoms with Gasteiger partial charge in [-0.25, -0.2) is 4.98 Å². The molecule has 1 heterocycles. The van der Waals surface area contributed by atoms with Crippen LogP contribution in [0.25, 0.3) is 22.4 Å². The molecule has 0 aliphatic carbocycles. The van der Waals surface area contributed by atoms with Crippen molar-refractivity contribution in [3.05, 3.63) is 40.4 Å². The van der Waals surface area contributed by atoms with Gasteiger partial charge in [-0.15, -0.1) is 0 Å². The van der Waals surface area contributed by atoms with E-state index in [9.17, 15) is 0 Å². The Bertz CT molecular complexity index is 820. The van der Waals surface area contributed by atoms with Crippen molar-refractivity contribution < 1.29 is 9.47 Å². The minimum absolute atomic E-state index is 0.0743. The lowest BCUT2D eigenvalue weighted by Gasteiger charge is -2.14. The van der Waals surface area contributed by atoms with Crippen LogP contribution < -0.4 is 9.47 Å². The summed E-state index contributed by atoms with van der Waals surface area (Å²) in [6.45, 7) is 3.94. The maximum absolute atomic E-state index is 6.04. The number of aromatic nitrogens is 2. The monoisotopic (exact) mass is 350 g/mol. The molecule has 0 radical (unpaired) electrons. The zero-order chi connectivity index (χ0) is 16.6. The van der Waals surface area contributed by atoms with Gasteiger partial charge >= 0.3 is 0 Å². The molecule has 0 spiro atoms. The predicted octanol–water partition coefficient (Wildman–Crippen LogP) is 5.33. The molecule has 0 bridgehead atoms. The Balaban J connectivity index is 2.04. The Kier molecular flexibility index (Phi) is 4.37. The van der Waals surface area contributed by atoms with Crippen LogP contribution in [0.2, 0.25) is 10.0 Å². The first kappa shape index (κ1) is 16.0. The smallest absolute Gasteiger partial charge is 0.161 e. The van der Waals surface area contributed by atoms with Crippen LogP contribution in [0.3, 0.4) is 0 Å². The molecule has 6 heteroatoms. The maximum atomic E-state index is 6.04. The Morgan fingerprint density at radius 3 is 2.48 bits per heavy atom. The highest BCUT2D eigenvalue weighted by Crippen LogP contribution is 2.34. The number of benzene rings is 2. The van der Waals surface area contributed by atoms with Gasteiger partial charge in [0.2, 0.25) is 0 Å². The van der Waals surface area contributed by atoms with Gasteiger partial charge in [0.05, 0.1) is 34.3 Å². The fraction of sp³-hybridized carbons (Fsp3) is 0.235. The van der Waals surface area contributed by atoms with Crippen molar-refractivity contribution in [2.24, 2.45) is 0 Å². The van der Waals surface area contributed by atoms with Crippen LogP contribution in [0.1, 0.15) is 13.8 Å². The quantitative estimate of drug-likeness (QED) is 0.691. The van der Waals surface area contributed by atoms with Gasteiger partial charge in [0.25, 0.3) is 0 Å². The van der Waals surface area contributed by atoms with Crippen LogP contribution in [0, 0.1) is 0 Å². The molecule has 0 saturated carbocycles. The molecule has 1 aromatic heterocycles. The minimum Gasteiger partial charge on any atom is -0.493 e. The van der Waals surface area contributed by atoms with E-state index in [4.69, 9.17) is 32.7 Å². The third-order valence-corrected chi connectivity index (χ3v) is 4.05. The number of halogens is 2. The molecular weight excluding hydrogens is 335 g/mol. The van der Waals surface area contributed by atoms with Crippen LogP contribution in [0.15, 0.2) is 30.3 Å². The SMILES string of the molecule is COc1cc(-c2nc3cc(Cl)c(Cl)cc3[nH]2)ccc1OC(C)C. The summed E-state index contributed by atoms with van der Waals surface area (Å²) in [7, 11) is 1.62. The lowest BCUT2D eigenvalue weighted by Crippen LogP contribution is -2.06. The number of hydrogen-bond donors (Lipinski definition) is 1. The lowest BCUT2D eigenvalue weighted by molar-refractivity contribution is 0.230. The van der Waals surface area contributed by atoms with E-state index in [0.29, 0.717) is 27.4 Å². The molecule has 0 amide bonds. The van der Waals surface area contributed by atoms with Gasteiger partial charge in [-0.1, -0.05) is 23.2 Å². The molecule has 0 unspecified atom stereocenters. The summed E-state index contributed by atoms with van der Waals surface area (Å²) in [5.41, 5.74) is 2.48. The molecule has 120 valence electrons. The third kappa shape index (κ3) is 3.23. The number of fused-ring (bicyclic) bond motifs is 1. The number of nitrogens with zero attached hydrogens (tertiary/aromatic N) is 1. The first-order chi connectivity index (χ1) is 11.0. The zero-order valence-corrected chi connectivity index (χ0v) is 14.5. The summed E-state index contributed by atoms with van der Waals surface area (Å²) in [6.07, 6.45) is 0.0743. The molecule has 4 nitrogen and oxygen atoms in total. The Labute approximate surface area is 144 Å². The van der Waals surface area contributed by atoms with Crippen molar-refractivity contribution in [3.63, 3.8) is 0 Å². The van der Waals surface area contributed by atoms with E-state index in [0.717, 1.165) is 16.6 Å². The van der Waals surface area contributed by atoms with Gasteiger partial charge in [0, 0.05) is 5.56 Å². The molecule has 0 atom stereocenters. The molecule has 0 saturated heterocycles. The Morgan fingerprint density at radius 1 is 1.04 bits per heavy atom. The van der Waals surface area contributed by atoms with Crippen LogP contribution in [-0.2, 0) is 0 Å². The van der Waals surface area contributed by atoms with Crippen molar-refractivity contribution in [1.82, 2.24) is 9.97 Å². The first-order valence-electron chi connectivity index (χ1n) is 7.17. The highest BCUT2D eigenvalue weighted by molar-refractivity contribution is 6.42. The number of H-pyrrole nitrogens is 1. The van der Waals surface area contributed by atoms with E-state index in [1.807, 2.05) is 32.0 Å². The lowest BCUT2D eigenvalue weighted by atomic mass is 10.2. The van der Waals surface area contributed by atoms with E-state index in [-0.39, 0.29) is 6.10 Å². The highest BCUT2D eigenvalue weighted by Gasteiger charge is 2.12. The van der Waals surface area contributed by atoms with Gasteiger partial charge in [0.1, 0.15) is 5.82 Å². The van der Waals surface area contributed by atoms with Gasteiger partial charge in [0.15, 0.2) is 11.5 Å². The number of hydrogen-bond acceptors (Lipinski definition) is 3. The minimum atomic E-state index is 0.0743. The average Bonchev–Trinajstić information content (AvgIpc) is 2.90. The van der Waals surface area contributed by atoms with Crippen LogP contribution in [-0.4, -0.2) is 23.2 Å². The number of ether oxygens (including phenoxy) is 2. The van der Waals surface area contributed by atoms with E-state index in [1.54, 1.807) is 19.2 Å². The fourth-order valence-electron chi connectivity index (χ4n) is 2.31. The van der Waals surface area contributed by atoms with E-state index in [2.05, 4.69) is 9.97 Å². The number of methoxy groups -OCH3 is 1. The van der Waals surface area contributed by atoms with Crippen molar-refractivity contribution in [2.75, 3.05) is 7.11 Å². The maximum Gasteiger partial charge on any atom is 0.161 e. The largest absolute Gasteiger partial charge is 0.493 e. The predicted molar refractivity (Wildman–Crippen MR) is 93.9 cm³/mol. The molecule has 23 heavy (non-hydrogen) atoms. The highest BCUT2D eigenvalue weighted by atomic mass is 35.5. The average molecular weight is 351 g/mol. The zero-order valence-electron chi connectivity index (χ0n) is 13.0. The molecule has 0 aliphatic rings. The second kappa shape index (κ2) is 6.30. The number of aromatic amines is 1. The van der Waals surface area contributed by atoms with E-state index in [1.165, 1.54) is 0 Å². The topological polar surface area (TPSA) is 47.1 Å². The molecule has 3 aromatic rings. The van der Waals surface area contributed by atoms with Crippen LogP contribution in [0.5, 0.6) is 11.5 Å². The summed E-state index contributed by atoms with van der Waals surface area (Å²) in [4.78, 5) is 7.80. The normalized spacial score (nSPS) is 11.2. The molecule has 0 fully saturated rings. The van der Waals surface area contributed by atoms with Gasteiger partial charge in [-0.2, -0.15) is 0 Å². The summed E-state index contributed by atoms with van der Waals surface area (Å²) < 4.78 is 11.1. The van der Waals surface area contributed by atoms with E-state index < -0.39 is 0 Å². The van der Waals surface area contributed by atoms with E-state index >= 15 is 0 Å². The summed E-state index contributed by atoms with van der Waals surface area (Å²) in [5, 5.41) is 0.975. The Morgan fingerprint density at radius 2 is 1.78 bits per heavy atom. The summed E-state index contributed by atoms with van der Waals surface area (Å²) in [6, 6.07) is 9.21. The summed E-state index contributed by atoms with van der Waals surface area (Å²) >= 11 is 12.1. The number of nitrogens with one attached hydrogen (secondary N) is 1. The second-order valence-electron chi connectivity index (χ2n) is 5.40. The van der Waals surface area contributed by atoms with Gasteiger partial charge in [-0.3, -0.25) is 0 Å².